The van der Waals surface area contributed by atoms with E-state index in [1.807, 2.05) is 0 Å². The number of benzene rings is 2. The van der Waals surface area contributed by atoms with Gasteiger partial charge in [0, 0.05) is 16.2 Å². The number of nitrogens with one attached hydrogen (secondary N) is 1. The van der Waals surface area contributed by atoms with Crippen LogP contribution in [-0.2, 0) is 9.05 Å². The number of halogens is 2. The molecule has 0 aliphatic carbocycles. The molecule has 1 N–H and O–H groups in total. The maximum Gasteiger partial charge on any atom is 0.261 e. The molecule has 2 aromatic rings. The molecule has 20 heavy (non-hydrogen) atoms. The van der Waals surface area contributed by atoms with Crippen molar-refractivity contribution < 1.29 is 13.2 Å². The predicted octanol–water partition coefficient (Wildman–Crippen LogP) is 3.52. The zero-order valence-electron chi connectivity index (χ0n) is 10.0. The maximum atomic E-state index is 11.9. The predicted molar refractivity (Wildman–Crippen MR) is 78.9 cm³/mol. The lowest BCUT2D eigenvalue weighted by atomic mass is 10.2. The van der Waals surface area contributed by atoms with E-state index in [1.165, 1.54) is 18.2 Å². The monoisotopic (exact) mass is 329 g/mol. The summed E-state index contributed by atoms with van der Waals surface area (Å²) in [7, 11) is 1.36. The highest BCUT2D eigenvalue weighted by atomic mass is 35.7. The lowest BCUT2D eigenvalue weighted by Gasteiger charge is -2.08. The average Bonchev–Trinajstić information content (AvgIpc) is 2.41. The summed E-state index contributed by atoms with van der Waals surface area (Å²) < 4.78 is 22.3. The minimum absolute atomic E-state index is 0.0935. The van der Waals surface area contributed by atoms with Gasteiger partial charge in [-0.3, -0.25) is 4.79 Å². The van der Waals surface area contributed by atoms with Gasteiger partial charge in [0.05, 0.1) is 15.6 Å². The van der Waals surface area contributed by atoms with Crippen molar-refractivity contribution in [3.05, 3.63) is 59.1 Å². The first-order valence-corrected chi connectivity index (χ1v) is 8.17. The molecule has 1 amide bonds. The number of amides is 1. The Hall–Kier alpha value is -1.56. The molecule has 4 nitrogen and oxygen atoms in total. The third-order valence-electron chi connectivity index (χ3n) is 2.51. The van der Waals surface area contributed by atoms with Crippen LogP contribution in [0.1, 0.15) is 10.4 Å². The minimum atomic E-state index is -3.85. The Morgan fingerprint density at radius 2 is 1.70 bits per heavy atom. The number of hydrogen-bond donors (Lipinski definition) is 1. The Balaban J connectivity index is 2.25. The van der Waals surface area contributed by atoms with Crippen LogP contribution in [-0.4, -0.2) is 14.3 Å². The van der Waals surface area contributed by atoms with Crippen LogP contribution in [0.25, 0.3) is 0 Å². The van der Waals surface area contributed by atoms with E-state index in [4.69, 9.17) is 22.3 Å². The van der Waals surface area contributed by atoms with Crippen molar-refractivity contribution in [2.24, 2.45) is 0 Å². The molecule has 7 heteroatoms. The van der Waals surface area contributed by atoms with Gasteiger partial charge in [-0.2, -0.15) is 0 Å². The van der Waals surface area contributed by atoms with Crippen molar-refractivity contribution in [3.8, 4) is 0 Å². The Morgan fingerprint density at radius 1 is 1.05 bits per heavy atom. The molecule has 0 spiro atoms. The molecular formula is C13H9Cl2NO3S. The van der Waals surface area contributed by atoms with E-state index >= 15 is 0 Å². The second kappa shape index (κ2) is 5.83. The zero-order valence-corrected chi connectivity index (χ0v) is 12.3. The average molecular weight is 330 g/mol. The lowest BCUT2D eigenvalue weighted by Crippen LogP contribution is -2.12. The molecule has 0 aliphatic rings. The topological polar surface area (TPSA) is 63.2 Å². The first kappa shape index (κ1) is 14.8. The van der Waals surface area contributed by atoms with Crippen LogP contribution >= 0.6 is 22.3 Å². The molecule has 0 saturated heterocycles. The molecule has 0 radical (unpaired) electrons. The Kier molecular flexibility index (Phi) is 4.32. The summed E-state index contributed by atoms with van der Waals surface area (Å²) in [5.74, 6) is -0.339. The largest absolute Gasteiger partial charge is 0.321 e. The van der Waals surface area contributed by atoms with Gasteiger partial charge in [0.15, 0.2) is 0 Å². The van der Waals surface area contributed by atoms with E-state index in [0.717, 1.165) is 0 Å². The normalized spacial score (nSPS) is 11.1. The molecule has 0 atom stereocenters. The van der Waals surface area contributed by atoms with E-state index in [2.05, 4.69) is 5.32 Å². The summed E-state index contributed by atoms with van der Waals surface area (Å²) >= 11 is 5.93. The van der Waals surface area contributed by atoms with Gasteiger partial charge < -0.3 is 5.32 Å². The number of hydrogen-bond acceptors (Lipinski definition) is 3. The smallest absolute Gasteiger partial charge is 0.261 e. The fourth-order valence-corrected chi connectivity index (χ4v) is 2.60. The molecule has 0 bridgehead atoms. The molecule has 0 aromatic heterocycles. The Morgan fingerprint density at radius 3 is 2.25 bits per heavy atom. The highest BCUT2D eigenvalue weighted by molar-refractivity contribution is 8.13. The van der Waals surface area contributed by atoms with Gasteiger partial charge in [-0.05, 0) is 30.3 Å². The standard InChI is InChI=1S/C13H9Cl2NO3S/c14-11-8-10(20(15,18)19)6-7-12(11)16-13(17)9-4-2-1-3-5-9/h1-8H,(H,16,17). The van der Waals surface area contributed by atoms with Gasteiger partial charge in [-0.1, -0.05) is 29.8 Å². The molecule has 104 valence electrons. The van der Waals surface area contributed by atoms with E-state index in [9.17, 15) is 13.2 Å². The summed E-state index contributed by atoms with van der Waals surface area (Å²) in [5, 5.41) is 2.69. The third kappa shape index (κ3) is 3.50. The maximum absolute atomic E-state index is 11.9. The molecule has 2 rings (SSSR count). The molecule has 0 heterocycles. The lowest BCUT2D eigenvalue weighted by molar-refractivity contribution is 0.102. The van der Waals surface area contributed by atoms with Gasteiger partial charge in [0.25, 0.3) is 15.0 Å². The second-order valence-electron chi connectivity index (χ2n) is 3.90. The summed E-state index contributed by atoms with van der Waals surface area (Å²) in [6, 6.07) is 12.4. The second-order valence-corrected chi connectivity index (χ2v) is 6.87. The number of anilines is 1. The summed E-state index contributed by atoms with van der Waals surface area (Å²) in [4.78, 5) is 11.8. The molecule has 2 aromatic carbocycles. The zero-order chi connectivity index (χ0) is 14.8. The quantitative estimate of drug-likeness (QED) is 0.876. The first-order valence-electron chi connectivity index (χ1n) is 5.48. The van der Waals surface area contributed by atoms with Crippen molar-refractivity contribution in [2.45, 2.75) is 4.90 Å². The Bertz CT molecular complexity index is 745. The van der Waals surface area contributed by atoms with Crippen LogP contribution in [0.15, 0.2) is 53.4 Å². The highest BCUT2D eigenvalue weighted by Crippen LogP contribution is 2.27. The van der Waals surface area contributed by atoms with Crippen LogP contribution in [0.3, 0.4) is 0 Å². The summed E-state index contributed by atoms with van der Waals surface area (Å²) in [5.41, 5.74) is 0.780. The van der Waals surface area contributed by atoms with E-state index < -0.39 is 9.05 Å². The van der Waals surface area contributed by atoms with Gasteiger partial charge >= 0.3 is 0 Å². The van der Waals surface area contributed by atoms with Crippen molar-refractivity contribution in [3.63, 3.8) is 0 Å². The van der Waals surface area contributed by atoms with Gasteiger partial charge in [-0.15, -0.1) is 0 Å². The summed E-state index contributed by atoms with van der Waals surface area (Å²) in [6.07, 6.45) is 0. The van der Waals surface area contributed by atoms with Gasteiger partial charge in [0.1, 0.15) is 0 Å². The van der Waals surface area contributed by atoms with Gasteiger partial charge in [0.2, 0.25) is 0 Å². The number of rotatable bonds is 3. The van der Waals surface area contributed by atoms with E-state index in [1.54, 1.807) is 30.3 Å². The molecule has 0 unspecified atom stereocenters. The van der Waals surface area contributed by atoms with Crippen molar-refractivity contribution >= 4 is 42.9 Å². The van der Waals surface area contributed by atoms with Crippen LogP contribution in [0.2, 0.25) is 5.02 Å². The van der Waals surface area contributed by atoms with Crippen molar-refractivity contribution in [2.75, 3.05) is 5.32 Å². The van der Waals surface area contributed by atoms with Crippen LogP contribution in [0.5, 0.6) is 0 Å². The summed E-state index contributed by atoms with van der Waals surface area (Å²) in [6.45, 7) is 0. The van der Waals surface area contributed by atoms with E-state index in [0.29, 0.717) is 11.3 Å². The van der Waals surface area contributed by atoms with Crippen LogP contribution in [0, 0.1) is 0 Å². The van der Waals surface area contributed by atoms with Crippen LogP contribution in [0.4, 0.5) is 5.69 Å². The highest BCUT2D eigenvalue weighted by Gasteiger charge is 2.14. The molecular weight excluding hydrogens is 321 g/mol. The van der Waals surface area contributed by atoms with Crippen LogP contribution < -0.4 is 5.32 Å². The molecule has 0 saturated carbocycles. The van der Waals surface area contributed by atoms with Crippen molar-refractivity contribution in [1.82, 2.24) is 0 Å². The first-order chi connectivity index (χ1) is 9.38. The molecule has 0 fully saturated rings. The molecule has 0 aliphatic heterocycles. The Labute approximate surface area is 125 Å². The van der Waals surface area contributed by atoms with Crippen molar-refractivity contribution in [1.29, 1.82) is 0 Å². The van der Waals surface area contributed by atoms with Gasteiger partial charge in [-0.25, -0.2) is 8.42 Å². The fraction of sp³-hybridized carbons (Fsp3) is 0. The fourth-order valence-electron chi connectivity index (χ4n) is 1.53. The minimum Gasteiger partial charge on any atom is -0.321 e. The number of carbonyl (C=O) groups is 1. The SMILES string of the molecule is O=C(Nc1ccc(S(=O)(=O)Cl)cc1Cl)c1ccccc1. The third-order valence-corrected chi connectivity index (χ3v) is 4.17. The van der Waals surface area contributed by atoms with E-state index in [-0.39, 0.29) is 15.8 Å². The number of carbonyl (C=O) groups excluding carboxylic acids is 1.